The van der Waals surface area contributed by atoms with Gasteiger partial charge in [-0.3, -0.25) is 0 Å². The monoisotopic (exact) mass is 216 g/mol. The first-order valence-electron chi connectivity index (χ1n) is 5.40. The molecule has 3 nitrogen and oxygen atoms in total. The zero-order valence-corrected chi connectivity index (χ0v) is 9.81. The lowest BCUT2D eigenvalue weighted by atomic mass is 10.1. The van der Waals surface area contributed by atoms with Gasteiger partial charge in [0.15, 0.2) is 0 Å². The number of nitrogens with zero attached hydrogens (tertiary/aromatic N) is 2. The van der Waals surface area contributed by atoms with Gasteiger partial charge in [0.2, 0.25) is 0 Å². The maximum absolute atomic E-state index is 9.58. The number of aliphatic hydroxyl groups excluding tert-OH is 1. The average molecular weight is 216 g/mol. The number of para-hydroxylation sites is 1. The molecule has 0 saturated carbocycles. The third-order valence-corrected chi connectivity index (χ3v) is 2.84. The van der Waals surface area contributed by atoms with Crippen molar-refractivity contribution in [3.63, 3.8) is 0 Å². The van der Waals surface area contributed by atoms with E-state index in [4.69, 9.17) is 0 Å². The lowest BCUT2D eigenvalue weighted by Crippen LogP contribution is -2.02. The molecule has 1 heterocycles. The van der Waals surface area contributed by atoms with E-state index in [1.54, 1.807) is 13.1 Å². The summed E-state index contributed by atoms with van der Waals surface area (Å²) in [7, 11) is 0. The van der Waals surface area contributed by atoms with Crippen molar-refractivity contribution in [1.29, 1.82) is 0 Å². The van der Waals surface area contributed by atoms with E-state index in [0.717, 1.165) is 16.9 Å². The highest BCUT2D eigenvalue weighted by atomic mass is 16.3. The standard InChI is InChI=1S/C13H16N2O/c1-9-6-4-5-7-13(9)15-10(2)12(8-14-15)11(3)16/h4-8,11,16H,1-3H3. The fraction of sp³-hybridized carbons (Fsp3) is 0.308. The third-order valence-electron chi connectivity index (χ3n) is 2.84. The van der Waals surface area contributed by atoms with Crippen LogP contribution < -0.4 is 0 Å². The van der Waals surface area contributed by atoms with Gasteiger partial charge in [0.1, 0.15) is 0 Å². The SMILES string of the molecule is Cc1ccccc1-n1ncc(C(C)O)c1C. The molecule has 84 valence electrons. The zero-order chi connectivity index (χ0) is 11.7. The summed E-state index contributed by atoms with van der Waals surface area (Å²) in [5.74, 6) is 0. The van der Waals surface area contributed by atoms with Crippen molar-refractivity contribution >= 4 is 0 Å². The van der Waals surface area contributed by atoms with Gasteiger partial charge in [-0.2, -0.15) is 5.10 Å². The maximum Gasteiger partial charge on any atom is 0.0795 e. The van der Waals surface area contributed by atoms with E-state index in [2.05, 4.69) is 18.1 Å². The summed E-state index contributed by atoms with van der Waals surface area (Å²) >= 11 is 0. The number of aromatic nitrogens is 2. The van der Waals surface area contributed by atoms with Gasteiger partial charge in [-0.25, -0.2) is 4.68 Å². The molecule has 1 N–H and O–H groups in total. The summed E-state index contributed by atoms with van der Waals surface area (Å²) in [6.45, 7) is 5.78. The van der Waals surface area contributed by atoms with Crippen LogP contribution in [0.2, 0.25) is 0 Å². The Morgan fingerprint density at radius 2 is 1.94 bits per heavy atom. The second kappa shape index (κ2) is 4.10. The lowest BCUT2D eigenvalue weighted by molar-refractivity contribution is 0.198. The van der Waals surface area contributed by atoms with Crippen molar-refractivity contribution in [3.05, 3.63) is 47.3 Å². The molecule has 16 heavy (non-hydrogen) atoms. The van der Waals surface area contributed by atoms with Crippen LogP contribution in [0.5, 0.6) is 0 Å². The normalized spacial score (nSPS) is 12.8. The molecular weight excluding hydrogens is 200 g/mol. The predicted octanol–water partition coefficient (Wildman–Crippen LogP) is 2.54. The van der Waals surface area contributed by atoms with Crippen LogP contribution in [0.25, 0.3) is 5.69 Å². The predicted molar refractivity (Wildman–Crippen MR) is 63.7 cm³/mol. The van der Waals surface area contributed by atoms with Crippen LogP contribution >= 0.6 is 0 Å². The highest BCUT2D eigenvalue weighted by molar-refractivity contribution is 5.41. The van der Waals surface area contributed by atoms with Crippen molar-refractivity contribution < 1.29 is 5.11 Å². The Kier molecular flexibility index (Phi) is 2.79. The van der Waals surface area contributed by atoms with E-state index in [9.17, 15) is 5.11 Å². The quantitative estimate of drug-likeness (QED) is 0.837. The second-order valence-electron chi connectivity index (χ2n) is 4.06. The van der Waals surface area contributed by atoms with Crippen LogP contribution in [-0.2, 0) is 0 Å². The zero-order valence-electron chi connectivity index (χ0n) is 9.81. The molecule has 1 atom stereocenters. The number of benzene rings is 1. The molecule has 0 fully saturated rings. The Balaban J connectivity index is 2.54. The first-order valence-corrected chi connectivity index (χ1v) is 5.40. The number of aryl methyl sites for hydroxylation is 1. The summed E-state index contributed by atoms with van der Waals surface area (Å²) in [4.78, 5) is 0. The smallest absolute Gasteiger partial charge is 0.0795 e. The minimum atomic E-state index is -0.474. The summed E-state index contributed by atoms with van der Waals surface area (Å²) in [6, 6.07) is 8.08. The molecule has 2 aromatic rings. The topological polar surface area (TPSA) is 38.0 Å². The summed E-state index contributed by atoms with van der Waals surface area (Å²) < 4.78 is 1.87. The van der Waals surface area contributed by atoms with Crippen molar-refractivity contribution in [2.75, 3.05) is 0 Å². The minimum absolute atomic E-state index is 0.474. The molecule has 0 aliphatic carbocycles. The maximum atomic E-state index is 9.58. The largest absolute Gasteiger partial charge is 0.389 e. The Hall–Kier alpha value is -1.61. The van der Waals surface area contributed by atoms with Crippen LogP contribution in [-0.4, -0.2) is 14.9 Å². The van der Waals surface area contributed by atoms with E-state index >= 15 is 0 Å². The van der Waals surface area contributed by atoms with E-state index < -0.39 is 6.10 Å². The highest BCUT2D eigenvalue weighted by Gasteiger charge is 2.12. The molecule has 1 aromatic heterocycles. The van der Waals surface area contributed by atoms with Crippen LogP contribution in [0.1, 0.15) is 29.8 Å². The van der Waals surface area contributed by atoms with E-state index in [1.807, 2.05) is 29.8 Å². The molecule has 0 radical (unpaired) electrons. The van der Waals surface area contributed by atoms with E-state index in [1.165, 1.54) is 5.56 Å². The lowest BCUT2D eigenvalue weighted by Gasteiger charge is -2.09. The van der Waals surface area contributed by atoms with Crippen molar-refractivity contribution in [2.45, 2.75) is 26.9 Å². The van der Waals surface area contributed by atoms with Crippen molar-refractivity contribution in [1.82, 2.24) is 9.78 Å². The Bertz CT molecular complexity index is 500. The average Bonchev–Trinajstić information content (AvgIpc) is 2.61. The van der Waals surface area contributed by atoms with Crippen LogP contribution in [0.4, 0.5) is 0 Å². The van der Waals surface area contributed by atoms with Crippen molar-refractivity contribution in [2.24, 2.45) is 0 Å². The van der Waals surface area contributed by atoms with Gasteiger partial charge in [0, 0.05) is 11.3 Å². The van der Waals surface area contributed by atoms with Gasteiger partial charge in [0.05, 0.1) is 18.0 Å². The van der Waals surface area contributed by atoms with Gasteiger partial charge in [-0.05, 0) is 32.4 Å². The fourth-order valence-corrected chi connectivity index (χ4v) is 1.88. The molecule has 1 unspecified atom stereocenters. The first-order chi connectivity index (χ1) is 7.61. The van der Waals surface area contributed by atoms with Gasteiger partial charge in [-0.15, -0.1) is 0 Å². The number of hydrogen-bond donors (Lipinski definition) is 1. The molecule has 0 bridgehead atoms. The molecular formula is C13H16N2O. The van der Waals surface area contributed by atoms with Crippen LogP contribution in [0, 0.1) is 13.8 Å². The Morgan fingerprint density at radius 3 is 2.50 bits per heavy atom. The van der Waals surface area contributed by atoms with E-state index in [-0.39, 0.29) is 0 Å². The molecule has 0 saturated heterocycles. The number of aliphatic hydroxyl groups is 1. The molecule has 0 spiro atoms. The second-order valence-corrected chi connectivity index (χ2v) is 4.06. The summed E-state index contributed by atoms with van der Waals surface area (Å²) in [5, 5.41) is 13.9. The fourth-order valence-electron chi connectivity index (χ4n) is 1.88. The van der Waals surface area contributed by atoms with Crippen LogP contribution in [0.3, 0.4) is 0 Å². The molecule has 1 aromatic carbocycles. The first kappa shape index (κ1) is 10.9. The molecule has 0 amide bonds. The van der Waals surface area contributed by atoms with Gasteiger partial charge in [-0.1, -0.05) is 18.2 Å². The van der Waals surface area contributed by atoms with E-state index in [0.29, 0.717) is 0 Å². The summed E-state index contributed by atoms with van der Waals surface area (Å²) in [5.41, 5.74) is 4.10. The molecule has 0 aliphatic rings. The van der Waals surface area contributed by atoms with Gasteiger partial charge in [0.25, 0.3) is 0 Å². The van der Waals surface area contributed by atoms with Crippen molar-refractivity contribution in [3.8, 4) is 5.69 Å². The minimum Gasteiger partial charge on any atom is -0.389 e. The number of rotatable bonds is 2. The van der Waals surface area contributed by atoms with Gasteiger partial charge >= 0.3 is 0 Å². The summed E-state index contributed by atoms with van der Waals surface area (Å²) in [6.07, 6.45) is 1.25. The van der Waals surface area contributed by atoms with Crippen LogP contribution in [0.15, 0.2) is 30.5 Å². The Labute approximate surface area is 95.3 Å². The van der Waals surface area contributed by atoms with Gasteiger partial charge < -0.3 is 5.11 Å². The highest BCUT2D eigenvalue weighted by Crippen LogP contribution is 2.21. The molecule has 0 aliphatic heterocycles. The third kappa shape index (κ3) is 1.74. The number of hydrogen-bond acceptors (Lipinski definition) is 2. The molecule has 2 rings (SSSR count). The molecule has 3 heteroatoms. The Morgan fingerprint density at radius 1 is 1.25 bits per heavy atom.